The first-order valence-corrected chi connectivity index (χ1v) is 8.29. The van der Waals surface area contributed by atoms with Gasteiger partial charge in [0.2, 0.25) is 0 Å². The van der Waals surface area contributed by atoms with Crippen molar-refractivity contribution in [2.45, 2.75) is 33.4 Å². The minimum absolute atomic E-state index is 0.182. The fraction of sp³-hybridized carbons (Fsp3) is 0.353. The fourth-order valence-corrected chi connectivity index (χ4v) is 2.96. The first-order chi connectivity index (χ1) is 12.1. The van der Waals surface area contributed by atoms with Crippen LogP contribution in [0.15, 0.2) is 24.4 Å². The number of anilines is 1. The zero-order valence-corrected chi connectivity index (χ0v) is 14.2. The second kappa shape index (κ2) is 6.12. The zero-order chi connectivity index (χ0) is 17.4. The molecule has 1 aliphatic rings. The molecule has 2 aromatic heterocycles. The van der Waals surface area contributed by atoms with Gasteiger partial charge in [0.05, 0.1) is 24.5 Å². The number of hydrogen-bond donors (Lipinski definition) is 2. The minimum atomic E-state index is -0.182. The maximum atomic E-state index is 12.6. The Morgan fingerprint density at radius 2 is 2.20 bits per heavy atom. The van der Waals surface area contributed by atoms with Crippen molar-refractivity contribution < 1.29 is 4.79 Å². The summed E-state index contributed by atoms with van der Waals surface area (Å²) in [6, 6.07) is 5.31. The minimum Gasteiger partial charge on any atom is -0.314 e. The Hall–Kier alpha value is -3.03. The molecule has 0 bridgehead atoms. The van der Waals surface area contributed by atoms with Crippen LogP contribution in [0, 0.1) is 5.92 Å². The first-order valence-electron chi connectivity index (χ1n) is 8.29. The second-order valence-corrected chi connectivity index (χ2v) is 6.64. The van der Waals surface area contributed by atoms with Crippen LogP contribution in [-0.4, -0.2) is 36.3 Å². The summed E-state index contributed by atoms with van der Waals surface area (Å²) in [4.78, 5) is 23.4. The number of H-pyrrole nitrogens is 1. The van der Waals surface area contributed by atoms with Gasteiger partial charge in [-0.25, -0.2) is 14.8 Å². The van der Waals surface area contributed by atoms with Crippen LogP contribution in [-0.2, 0) is 19.5 Å². The molecule has 0 atom stereocenters. The lowest BCUT2D eigenvalue weighted by molar-refractivity contribution is 0.212. The van der Waals surface area contributed by atoms with Crippen LogP contribution in [0.2, 0.25) is 0 Å². The largest absolute Gasteiger partial charge is 0.322 e. The second-order valence-electron chi connectivity index (χ2n) is 6.64. The number of nitrogens with one attached hydrogen (secondary N) is 2. The van der Waals surface area contributed by atoms with Crippen LogP contribution < -0.4 is 5.32 Å². The molecule has 3 heterocycles. The lowest BCUT2D eigenvalue weighted by Crippen LogP contribution is -2.30. The van der Waals surface area contributed by atoms with E-state index in [0.717, 1.165) is 23.5 Å². The van der Waals surface area contributed by atoms with Gasteiger partial charge in [0.25, 0.3) is 0 Å². The molecule has 1 aromatic carbocycles. The molecular formula is C17H19N7O. The van der Waals surface area contributed by atoms with Crippen LogP contribution in [0.5, 0.6) is 0 Å². The topological polar surface area (TPSA) is 99.7 Å². The quantitative estimate of drug-likeness (QED) is 0.765. The van der Waals surface area contributed by atoms with Crippen LogP contribution in [0.25, 0.3) is 11.0 Å². The summed E-state index contributed by atoms with van der Waals surface area (Å²) in [5, 5.41) is 13.6. The van der Waals surface area contributed by atoms with Crippen LogP contribution in [0.3, 0.4) is 0 Å². The van der Waals surface area contributed by atoms with E-state index < -0.39 is 0 Å². The summed E-state index contributed by atoms with van der Waals surface area (Å²) < 4.78 is 0. The van der Waals surface area contributed by atoms with Crippen molar-refractivity contribution in [3.8, 4) is 0 Å². The number of fused-ring (bicyclic) bond motifs is 2. The fourth-order valence-electron chi connectivity index (χ4n) is 2.96. The highest BCUT2D eigenvalue weighted by Crippen LogP contribution is 2.24. The lowest BCUT2D eigenvalue weighted by Gasteiger charge is -2.16. The molecule has 0 saturated carbocycles. The molecule has 0 unspecified atom stereocenters. The third kappa shape index (κ3) is 3.02. The molecule has 4 rings (SSSR count). The molecule has 0 saturated heterocycles. The van der Waals surface area contributed by atoms with E-state index >= 15 is 0 Å². The predicted octanol–water partition coefficient (Wildman–Crippen LogP) is 2.49. The van der Waals surface area contributed by atoms with Gasteiger partial charge in [0.1, 0.15) is 16.9 Å². The lowest BCUT2D eigenvalue weighted by atomic mass is 10.1. The van der Waals surface area contributed by atoms with E-state index in [9.17, 15) is 4.79 Å². The Kier molecular flexibility index (Phi) is 3.79. The predicted molar refractivity (Wildman–Crippen MR) is 92.7 cm³/mol. The number of benzene rings is 1. The van der Waals surface area contributed by atoms with Crippen molar-refractivity contribution in [3.05, 3.63) is 41.5 Å². The highest BCUT2D eigenvalue weighted by atomic mass is 16.2. The molecule has 3 aromatic rings. The van der Waals surface area contributed by atoms with Crippen molar-refractivity contribution in [2.24, 2.45) is 5.92 Å². The monoisotopic (exact) mass is 337 g/mol. The Bertz CT molecular complexity index is 934. The Morgan fingerprint density at radius 1 is 1.32 bits per heavy atom. The normalized spacial score (nSPS) is 13.5. The number of amides is 2. The third-order valence-electron chi connectivity index (χ3n) is 4.17. The highest BCUT2D eigenvalue weighted by Gasteiger charge is 2.26. The highest BCUT2D eigenvalue weighted by molar-refractivity contribution is 5.98. The van der Waals surface area contributed by atoms with Crippen molar-refractivity contribution in [2.75, 3.05) is 5.32 Å². The molecule has 2 amide bonds. The summed E-state index contributed by atoms with van der Waals surface area (Å²) in [6.45, 7) is 5.28. The molecule has 25 heavy (non-hydrogen) atoms. The molecule has 0 fully saturated rings. The number of aromatic nitrogens is 5. The Morgan fingerprint density at radius 3 is 3.04 bits per heavy atom. The molecule has 0 radical (unpaired) electrons. The number of aromatic amines is 1. The van der Waals surface area contributed by atoms with Gasteiger partial charge >= 0.3 is 6.03 Å². The summed E-state index contributed by atoms with van der Waals surface area (Å²) >= 11 is 0. The van der Waals surface area contributed by atoms with E-state index in [1.165, 1.54) is 0 Å². The van der Waals surface area contributed by atoms with Crippen molar-refractivity contribution in [3.63, 3.8) is 0 Å². The SMILES string of the molecule is CC(C)Cc1ncc2c(n1)CN(C(=O)Nc1cccc3n[nH]nc13)C2. The van der Waals surface area contributed by atoms with E-state index in [-0.39, 0.29) is 6.03 Å². The van der Waals surface area contributed by atoms with E-state index in [1.807, 2.05) is 24.4 Å². The molecule has 8 nitrogen and oxygen atoms in total. The Labute approximate surface area is 144 Å². The molecule has 8 heteroatoms. The molecule has 0 aliphatic carbocycles. The van der Waals surface area contributed by atoms with Gasteiger partial charge in [-0.05, 0) is 18.1 Å². The average Bonchev–Trinajstić information content (AvgIpc) is 3.20. The number of carbonyl (C=O) groups is 1. The van der Waals surface area contributed by atoms with Crippen molar-refractivity contribution >= 4 is 22.8 Å². The number of carbonyl (C=O) groups excluding carboxylic acids is 1. The first kappa shape index (κ1) is 15.5. The van der Waals surface area contributed by atoms with Gasteiger partial charge in [-0.2, -0.15) is 15.4 Å². The van der Waals surface area contributed by atoms with Gasteiger partial charge in [-0.3, -0.25) is 0 Å². The maximum absolute atomic E-state index is 12.6. The van der Waals surface area contributed by atoms with E-state index in [1.54, 1.807) is 4.90 Å². The smallest absolute Gasteiger partial charge is 0.314 e. The van der Waals surface area contributed by atoms with Gasteiger partial charge < -0.3 is 10.2 Å². The number of nitrogens with zero attached hydrogens (tertiary/aromatic N) is 5. The van der Waals surface area contributed by atoms with Crippen molar-refractivity contribution in [1.29, 1.82) is 0 Å². The zero-order valence-electron chi connectivity index (χ0n) is 14.2. The number of rotatable bonds is 3. The Balaban J connectivity index is 1.49. The number of urea groups is 1. The van der Waals surface area contributed by atoms with Crippen LogP contribution in [0.4, 0.5) is 10.5 Å². The molecule has 1 aliphatic heterocycles. The summed E-state index contributed by atoms with van der Waals surface area (Å²) in [5.41, 5.74) is 3.93. The van der Waals surface area contributed by atoms with Gasteiger partial charge in [0, 0.05) is 18.2 Å². The number of hydrogen-bond acceptors (Lipinski definition) is 5. The van der Waals surface area contributed by atoms with E-state index in [4.69, 9.17) is 0 Å². The van der Waals surface area contributed by atoms with Crippen LogP contribution in [0.1, 0.15) is 30.9 Å². The molecule has 128 valence electrons. The summed E-state index contributed by atoms with van der Waals surface area (Å²) in [5.74, 6) is 1.34. The molecule has 2 N–H and O–H groups in total. The van der Waals surface area contributed by atoms with Gasteiger partial charge in [-0.15, -0.1) is 0 Å². The van der Waals surface area contributed by atoms with Crippen molar-refractivity contribution in [1.82, 2.24) is 30.3 Å². The van der Waals surface area contributed by atoms with E-state index in [0.29, 0.717) is 35.7 Å². The molecule has 0 spiro atoms. The standard InChI is InChI=1S/C17H19N7O/c1-10(2)6-15-18-7-11-8-24(9-14(11)19-15)17(25)20-12-4-3-5-13-16(12)22-23-21-13/h3-5,7,10H,6,8-9H2,1-2H3,(H,20,25)(H,21,22,23). The number of para-hydroxylation sites is 1. The maximum Gasteiger partial charge on any atom is 0.322 e. The van der Waals surface area contributed by atoms with Gasteiger partial charge in [-0.1, -0.05) is 19.9 Å². The van der Waals surface area contributed by atoms with Crippen LogP contribution >= 0.6 is 0 Å². The van der Waals surface area contributed by atoms with Gasteiger partial charge in [0.15, 0.2) is 0 Å². The third-order valence-corrected chi connectivity index (χ3v) is 4.17. The average molecular weight is 337 g/mol. The summed E-state index contributed by atoms with van der Waals surface area (Å²) in [6.07, 6.45) is 2.68. The van der Waals surface area contributed by atoms with E-state index in [2.05, 4.69) is 44.5 Å². The molecular weight excluding hydrogens is 318 g/mol. The summed E-state index contributed by atoms with van der Waals surface area (Å²) in [7, 11) is 0.